The van der Waals surface area contributed by atoms with E-state index in [-0.39, 0.29) is 6.04 Å². The Morgan fingerprint density at radius 2 is 2.12 bits per heavy atom. The zero-order valence-corrected chi connectivity index (χ0v) is 11.2. The van der Waals surface area contributed by atoms with Gasteiger partial charge in [0.1, 0.15) is 0 Å². The third-order valence-electron chi connectivity index (χ3n) is 4.02. The first kappa shape index (κ1) is 14.0. The molecule has 1 fully saturated rings. The molecule has 0 bridgehead atoms. The van der Waals surface area contributed by atoms with E-state index in [2.05, 4.69) is 20.8 Å². The van der Waals surface area contributed by atoms with E-state index >= 15 is 0 Å². The first-order valence-corrected chi connectivity index (χ1v) is 7.06. The molecule has 1 rings (SSSR count). The summed E-state index contributed by atoms with van der Waals surface area (Å²) >= 11 is 0. The fourth-order valence-corrected chi connectivity index (χ4v) is 2.76. The molecule has 0 amide bonds. The predicted molar refractivity (Wildman–Crippen MR) is 69.4 cm³/mol. The summed E-state index contributed by atoms with van der Waals surface area (Å²) in [6, 6.07) is 0.249. The molecule has 96 valence electrons. The second kappa shape index (κ2) is 7.29. The first-order valence-electron chi connectivity index (χ1n) is 7.06. The third kappa shape index (κ3) is 4.06. The highest BCUT2D eigenvalue weighted by Crippen LogP contribution is 2.27. The fraction of sp³-hybridized carbons (Fsp3) is 1.00. The minimum Gasteiger partial charge on any atom is -0.376 e. The molecule has 0 saturated carbocycles. The lowest BCUT2D eigenvalue weighted by Crippen LogP contribution is -2.39. The van der Waals surface area contributed by atoms with E-state index in [0.717, 1.165) is 18.9 Å². The molecule has 1 saturated heterocycles. The van der Waals surface area contributed by atoms with Gasteiger partial charge in [-0.3, -0.25) is 0 Å². The van der Waals surface area contributed by atoms with Crippen LogP contribution in [-0.2, 0) is 4.74 Å². The van der Waals surface area contributed by atoms with Crippen molar-refractivity contribution in [2.75, 3.05) is 6.61 Å². The summed E-state index contributed by atoms with van der Waals surface area (Å²) in [7, 11) is 0. The molecule has 0 spiro atoms. The Labute approximate surface area is 101 Å². The molecular formula is C14H29NO. The Morgan fingerprint density at radius 1 is 1.38 bits per heavy atom. The number of ether oxygens (including phenoxy) is 1. The maximum absolute atomic E-state index is 6.29. The van der Waals surface area contributed by atoms with Crippen molar-refractivity contribution in [2.45, 2.75) is 71.4 Å². The largest absolute Gasteiger partial charge is 0.376 e. The van der Waals surface area contributed by atoms with Gasteiger partial charge in [-0.15, -0.1) is 0 Å². The Hall–Kier alpha value is -0.0800. The molecule has 1 aliphatic heterocycles. The van der Waals surface area contributed by atoms with Gasteiger partial charge < -0.3 is 10.5 Å². The average Bonchev–Trinajstić information content (AvgIpc) is 2.70. The molecule has 2 heteroatoms. The molecule has 4 unspecified atom stereocenters. The molecule has 0 aromatic carbocycles. The molecule has 16 heavy (non-hydrogen) atoms. The number of hydrogen-bond acceptors (Lipinski definition) is 2. The lowest BCUT2D eigenvalue weighted by molar-refractivity contribution is 0.0643. The SMILES string of the molecule is CCCCC(CC)CC(N)C1OCCC1C. The summed E-state index contributed by atoms with van der Waals surface area (Å²) in [6.45, 7) is 7.72. The maximum atomic E-state index is 6.29. The van der Waals surface area contributed by atoms with Crippen molar-refractivity contribution in [3.05, 3.63) is 0 Å². The second-order valence-electron chi connectivity index (χ2n) is 5.42. The van der Waals surface area contributed by atoms with Crippen LogP contribution in [0.15, 0.2) is 0 Å². The zero-order valence-electron chi connectivity index (χ0n) is 11.2. The quantitative estimate of drug-likeness (QED) is 0.724. The summed E-state index contributed by atoms with van der Waals surface area (Å²) in [4.78, 5) is 0. The summed E-state index contributed by atoms with van der Waals surface area (Å²) in [5, 5.41) is 0. The third-order valence-corrected chi connectivity index (χ3v) is 4.02. The second-order valence-corrected chi connectivity index (χ2v) is 5.42. The van der Waals surface area contributed by atoms with Crippen molar-refractivity contribution in [2.24, 2.45) is 17.6 Å². The van der Waals surface area contributed by atoms with Gasteiger partial charge in [0.2, 0.25) is 0 Å². The van der Waals surface area contributed by atoms with Crippen LogP contribution in [0.25, 0.3) is 0 Å². The van der Waals surface area contributed by atoms with Gasteiger partial charge >= 0.3 is 0 Å². The number of hydrogen-bond donors (Lipinski definition) is 1. The van der Waals surface area contributed by atoms with E-state index in [1.54, 1.807) is 0 Å². The monoisotopic (exact) mass is 227 g/mol. The Balaban J connectivity index is 2.32. The number of rotatable bonds is 7. The van der Waals surface area contributed by atoms with Crippen LogP contribution in [0.2, 0.25) is 0 Å². The molecule has 0 aromatic heterocycles. The summed E-state index contributed by atoms with van der Waals surface area (Å²) in [5.41, 5.74) is 6.29. The molecule has 2 N–H and O–H groups in total. The molecule has 1 aliphatic rings. The smallest absolute Gasteiger partial charge is 0.0752 e. The summed E-state index contributed by atoms with van der Waals surface area (Å²) < 4.78 is 5.75. The van der Waals surface area contributed by atoms with Crippen LogP contribution in [-0.4, -0.2) is 18.8 Å². The first-order chi connectivity index (χ1) is 7.69. The fourth-order valence-electron chi connectivity index (χ4n) is 2.76. The topological polar surface area (TPSA) is 35.2 Å². The van der Waals surface area contributed by atoms with Crippen LogP contribution >= 0.6 is 0 Å². The van der Waals surface area contributed by atoms with Gasteiger partial charge in [-0.2, -0.15) is 0 Å². The van der Waals surface area contributed by atoms with Crippen LogP contribution in [0.1, 0.15) is 59.3 Å². The number of unbranched alkanes of at least 4 members (excludes halogenated alkanes) is 1. The van der Waals surface area contributed by atoms with Crippen molar-refractivity contribution in [1.29, 1.82) is 0 Å². The van der Waals surface area contributed by atoms with Gasteiger partial charge in [0, 0.05) is 12.6 Å². The van der Waals surface area contributed by atoms with E-state index in [4.69, 9.17) is 10.5 Å². The van der Waals surface area contributed by atoms with E-state index < -0.39 is 0 Å². The predicted octanol–water partition coefficient (Wildman–Crippen LogP) is 3.35. The van der Waals surface area contributed by atoms with Gasteiger partial charge in [0.15, 0.2) is 0 Å². The highest BCUT2D eigenvalue weighted by molar-refractivity contribution is 4.84. The van der Waals surface area contributed by atoms with E-state index in [1.165, 1.54) is 32.1 Å². The van der Waals surface area contributed by atoms with Gasteiger partial charge in [-0.05, 0) is 24.7 Å². The lowest BCUT2D eigenvalue weighted by Gasteiger charge is -2.26. The normalized spacial score (nSPS) is 29.2. The Bertz CT molecular complexity index is 184. The van der Waals surface area contributed by atoms with E-state index in [9.17, 15) is 0 Å². The molecule has 4 atom stereocenters. The van der Waals surface area contributed by atoms with Gasteiger partial charge in [-0.25, -0.2) is 0 Å². The minimum atomic E-state index is 0.249. The highest BCUT2D eigenvalue weighted by Gasteiger charge is 2.30. The molecule has 0 aliphatic carbocycles. The van der Waals surface area contributed by atoms with Crippen molar-refractivity contribution < 1.29 is 4.74 Å². The van der Waals surface area contributed by atoms with Crippen molar-refractivity contribution in [3.63, 3.8) is 0 Å². The summed E-state index contributed by atoms with van der Waals surface area (Å²) in [6.07, 6.45) is 7.87. The Kier molecular flexibility index (Phi) is 6.37. The molecule has 1 heterocycles. The maximum Gasteiger partial charge on any atom is 0.0752 e. The zero-order chi connectivity index (χ0) is 12.0. The molecule has 2 nitrogen and oxygen atoms in total. The molecular weight excluding hydrogens is 198 g/mol. The van der Waals surface area contributed by atoms with Crippen LogP contribution in [0.4, 0.5) is 0 Å². The van der Waals surface area contributed by atoms with Crippen LogP contribution in [0.3, 0.4) is 0 Å². The standard InChI is InChI=1S/C14H29NO/c1-4-6-7-12(5-2)10-13(15)14-11(3)8-9-16-14/h11-14H,4-10,15H2,1-3H3. The lowest BCUT2D eigenvalue weighted by atomic mass is 9.87. The Morgan fingerprint density at radius 3 is 2.62 bits per heavy atom. The van der Waals surface area contributed by atoms with E-state index in [0.29, 0.717) is 12.0 Å². The van der Waals surface area contributed by atoms with Crippen LogP contribution < -0.4 is 5.73 Å². The summed E-state index contributed by atoms with van der Waals surface area (Å²) in [5.74, 6) is 1.45. The number of nitrogens with two attached hydrogens (primary N) is 1. The van der Waals surface area contributed by atoms with Crippen molar-refractivity contribution in [1.82, 2.24) is 0 Å². The highest BCUT2D eigenvalue weighted by atomic mass is 16.5. The van der Waals surface area contributed by atoms with Crippen molar-refractivity contribution in [3.8, 4) is 0 Å². The van der Waals surface area contributed by atoms with Gasteiger partial charge in [-0.1, -0.05) is 46.5 Å². The molecule has 0 aromatic rings. The van der Waals surface area contributed by atoms with Crippen LogP contribution in [0.5, 0.6) is 0 Å². The van der Waals surface area contributed by atoms with Gasteiger partial charge in [0.05, 0.1) is 6.10 Å². The van der Waals surface area contributed by atoms with Crippen molar-refractivity contribution >= 4 is 0 Å². The average molecular weight is 227 g/mol. The minimum absolute atomic E-state index is 0.249. The van der Waals surface area contributed by atoms with Crippen LogP contribution in [0, 0.1) is 11.8 Å². The molecule has 0 radical (unpaired) electrons. The van der Waals surface area contributed by atoms with Gasteiger partial charge in [0.25, 0.3) is 0 Å². The van der Waals surface area contributed by atoms with E-state index in [1.807, 2.05) is 0 Å².